The van der Waals surface area contributed by atoms with E-state index < -0.39 is 0 Å². The van der Waals surface area contributed by atoms with Gasteiger partial charge in [0.1, 0.15) is 0 Å². The highest BCUT2D eigenvalue weighted by molar-refractivity contribution is 6.22. The Morgan fingerprint density at radius 3 is 2.38 bits per heavy atom. The number of benzene rings is 1. The Labute approximate surface area is 152 Å². The van der Waals surface area contributed by atoms with Crippen LogP contribution in [0.4, 0.5) is 5.69 Å². The molecule has 7 heteroatoms. The molecule has 0 aliphatic heterocycles. The number of oxazole rings is 1. The average Bonchev–Trinajstić information content (AvgIpc) is 3.05. The molecule has 0 unspecified atom stereocenters. The van der Waals surface area contributed by atoms with Crippen LogP contribution in [0.2, 0.25) is 0 Å². The molecule has 0 amide bonds. The Bertz CT molecular complexity index is 863. The van der Waals surface area contributed by atoms with Gasteiger partial charge in [-0.2, -0.15) is 0 Å². The third-order valence-electron chi connectivity index (χ3n) is 4.09. The smallest absolute Gasteiger partial charge is 0.246 e. The molecule has 3 rings (SSSR count). The van der Waals surface area contributed by atoms with Gasteiger partial charge in [-0.1, -0.05) is 0 Å². The van der Waals surface area contributed by atoms with Crippen molar-refractivity contribution in [3.63, 3.8) is 0 Å². The first-order valence-electron chi connectivity index (χ1n) is 8.34. The first-order valence-corrected chi connectivity index (χ1v) is 8.34. The van der Waals surface area contributed by atoms with Crippen molar-refractivity contribution in [3.05, 3.63) is 47.5 Å². The van der Waals surface area contributed by atoms with Crippen LogP contribution in [-0.4, -0.2) is 62.7 Å². The number of fused-ring (bicyclic) bond motifs is 1. The minimum Gasteiger partial charge on any atom is -0.432 e. The molecule has 1 aromatic heterocycles. The summed E-state index contributed by atoms with van der Waals surface area (Å²) in [4.78, 5) is 33.1. The second kappa shape index (κ2) is 7.13. The summed E-state index contributed by atoms with van der Waals surface area (Å²) in [5, 5.41) is 3.00. The highest BCUT2D eigenvalue weighted by atomic mass is 16.4. The van der Waals surface area contributed by atoms with Crippen molar-refractivity contribution >= 4 is 17.3 Å². The number of anilines is 1. The molecule has 26 heavy (non-hydrogen) atoms. The Balaban J connectivity index is 1.83. The molecule has 2 aromatic rings. The lowest BCUT2D eigenvalue weighted by Gasteiger charge is -2.14. The number of nitrogens with one attached hydrogen (secondary N) is 1. The van der Waals surface area contributed by atoms with Crippen LogP contribution < -0.4 is 10.2 Å². The van der Waals surface area contributed by atoms with Gasteiger partial charge >= 0.3 is 0 Å². The van der Waals surface area contributed by atoms with Crippen LogP contribution in [0.15, 0.2) is 40.5 Å². The van der Waals surface area contributed by atoms with Crippen molar-refractivity contribution in [1.29, 1.82) is 0 Å². The van der Waals surface area contributed by atoms with Crippen LogP contribution in [0.1, 0.15) is 21.0 Å². The van der Waals surface area contributed by atoms with E-state index in [-0.39, 0.29) is 34.6 Å². The fourth-order valence-corrected chi connectivity index (χ4v) is 2.60. The van der Waals surface area contributed by atoms with E-state index in [1.165, 1.54) is 6.08 Å². The molecule has 0 fully saturated rings. The number of hydrogen-bond acceptors (Lipinski definition) is 7. The second-order valence-corrected chi connectivity index (χ2v) is 6.62. The number of likely N-dealkylation sites (N-methyl/N-ethyl adjacent to an activating group) is 1. The molecule has 1 aliphatic rings. The van der Waals surface area contributed by atoms with E-state index in [9.17, 15) is 9.59 Å². The third kappa shape index (κ3) is 3.52. The number of carbonyl (C=O) groups excluding carboxylic acids is 2. The standard InChI is InChI=1S/C19H22N4O3/c1-22(2)10-9-20-14-11-15(24)16-18(17(14)25)26-19(21-16)12-5-7-13(8-6-12)23(3)4/h5-8,11,20H,9-10H2,1-4H3. The Morgan fingerprint density at radius 1 is 1.08 bits per heavy atom. The second-order valence-electron chi connectivity index (χ2n) is 6.62. The molecule has 0 atom stereocenters. The molecule has 0 saturated heterocycles. The fourth-order valence-electron chi connectivity index (χ4n) is 2.60. The first-order chi connectivity index (χ1) is 12.4. The molecule has 1 aliphatic carbocycles. The normalized spacial score (nSPS) is 13.7. The summed E-state index contributed by atoms with van der Waals surface area (Å²) in [7, 11) is 7.78. The summed E-state index contributed by atoms with van der Waals surface area (Å²) < 4.78 is 5.65. The number of hydrogen-bond donors (Lipinski definition) is 1. The van der Waals surface area contributed by atoms with Gasteiger partial charge in [-0.05, 0) is 38.4 Å². The number of ketones is 2. The van der Waals surface area contributed by atoms with Gasteiger partial charge in [0.05, 0.1) is 5.70 Å². The minimum atomic E-state index is -0.345. The fraction of sp³-hybridized carbons (Fsp3) is 0.316. The van der Waals surface area contributed by atoms with E-state index in [1.807, 2.05) is 62.3 Å². The van der Waals surface area contributed by atoms with Crippen LogP contribution in [0.25, 0.3) is 11.5 Å². The largest absolute Gasteiger partial charge is 0.432 e. The van der Waals surface area contributed by atoms with E-state index in [0.29, 0.717) is 12.1 Å². The van der Waals surface area contributed by atoms with Crippen molar-refractivity contribution in [3.8, 4) is 11.5 Å². The molecular weight excluding hydrogens is 332 g/mol. The van der Waals surface area contributed by atoms with Crippen molar-refractivity contribution in [1.82, 2.24) is 15.2 Å². The molecule has 1 heterocycles. The summed E-state index contributed by atoms with van der Waals surface area (Å²) in [6.07, 6.45) is 1.29. The molecule has 0 spiro atoms. The zero-order valence-electron chi connectivity index (χ0n) is 15.4. The monoisotopic (exact) mass is 354 g/mol. The van der Waals surface area contributed by atoms with E-state index in [4.69, 9.17) is 4.42 Å². The molecule has 1 N–H and O–H groups in total. The highest BCUT2D eigenvalue weighted by Gasteiger charge is 2.32. The van der Waals surface area contributed by atoms with Gasteiger partial charge in [-0.15, -0.1) is 0 Å². The topological polar surface area (TPSA) is 78.7 Å². The number of rotatable bonds is 6. The van der Waals surface area contributed by atoms with Gasteiger partial charge in [0.2, 0.25) is 23.2 Å². The number of Topliss-reactive ketones (excluding diaryl/α,β-unsaturated/α-hetero) is 1. The maximum Gasteiger partial charge on any atom is 0.246 e. The van der Waals surface area contributed by atoms with Gasteiger partial charge in [-0.25, -0.2) is 4.98 Å². The SMILES string of the molecule is CN(C)CCNC1=CC(=O)c2nc(-c3ccc(N(C)C)cc3)oc2C1=O. The van der Waals surface area contributed by atoms with Crippen molar-refractivity contribution in [2.24, 2.45) is 0 Å². The lowest BCUT2D eigenvalue weighted by atomic mass is 10.0. The van der Waals surface area contributed by atoms with Crippen LogP contribution in [0.3, 0.4) is 0 Å². The Kier molecular flexibility index (Phi) is 4.90. The average molecular weight is 354 g/mol. The van der Waals surface area contributed by atoms with Crippen molar-refractivity contribution in [2.75, 3.05) is 46.2 Å². The molecule has 0 radical (unpaired) electrons. The number of carbonyl (C=O) groups is 2. The maximum absolute atomic E-state index is 12.6. The predicted octanol–water partition coefficient (Wildman–Crippen LogP) is 1.82. The van der Waals surface area contributed by atoms with E-state index in [2.05, 4.69) is 10.3 Å². The number of aromatic nitrogens is 1. The van der Waals surface area contributed by atoms with Crippen LogP contribution >= 0.6 is 0 Å². The molecule has 1 aromatic carbocycles. The Morgan fingerprint density at radius 2 is 1.77 bits per heavy atom. The summed E-state index contributed by atoms with van der Waals surface area (Å²) >= 11 is 0. The summed E-state index contributed by atoms with van der Waals surface area (Å²) in [6, 6.07) is 7.56. The van der Waals surface area contributed by atoms with Crippen molar-refractivity contribution in [2.45, 2.75) is 0 Å². The lowest BCUT2D eigenvalue weighted by Crippen LogP contribution is -2.31. The van der Waals surface area contributed by atoms with Crippen LogP contribution in [0.5, 0.6) is 0 Å². The predicted molar refractivity (Wildman–Crippen MR) is 99.6 cm³/mol. The molecule has 7 nitrogen and oxygen atoms in total. The summed E-state index contributed by atoms with van der Waals surface area (Å²) in [5.41, 5.74) is 2.06. The van der Waals surface area contributed by atoms with Crippen LogP contribution in [0, 0.1) is 0 Å². The van der Waals surface area contributed by atoms with E-state index >= 15 is 0 Å². The first kappa shape index (κ1) is 17.9. The van der Waals surface area contributed by atoms with Gasteiger partial charge in [0, 0.05) is 44.5 Å². The van der Waals surface area contributed by atoms with Gasteiger partial charge in [0.25, 0.3) is 0 Å². The van der Waals surface area contributed by atoms with E-state index in [1.54, 1.807) is 0 Å². The maximum atomic E-state index is 12.6. The molecular formula is C19H22N4O3. The third-order valence-corrected chi connectivity index (χ3v) is 4.09. The number of nitrogens with zero attached hydrogens (tertiary/aromatic N) is 3. The van der Waals surface area contributed by atoms with E-state index in [0.717, 1.165) is 12.2 Å². The van der Waals surface area contributed by atoms with Gasteiger partial charge < -0.3 is 19.5 Å². The Hall–Kier alpha value is -2.93. The molecule has 136 valence electrons. The van der Waals surface area contributed by atoms with Gasteiger partial charge in [-0.3, -0.25) is 9.59 Å². The summed E-state index contributed by atoms with van der Waals surface area (Å²) in [5.74, 6) is -0.407. The lowest BCUT2D eigenvalue weighted by molar-refractivity contribution is 0.0956. The minimum absolute atomic E-state index is 0.00320. The summed E-state index contributed by atoms with van der Waals surface area (Å²) in [6.45, 7) is 1.30. The van der Waals surface area contributed by atoms with Crippen LogP contribution in [-0.2, 0) is 0 Å². The number of allylic oxidation sites excluding steroid dienone is 2. The molecule has 0 bridgehead atoms. The molecule has 0 saturated carbocycles. The zero-order valence-corrected chi connectivity index (χ0v) is 15.4. The van der Waals surface area contributed by atoms with Gasteiger partial charge in [0.15, 0.2) is 5.69 Å². The zero-order chi connectivity index (χ0) is 18.8. The highest BCUT2D eigenvalue weighted by Crippen LogP contribution is 2.28. The quantitative estimate of drug-likeness (QED) is 0.848. The van der Waals surface area contributed by atoms with Crippen molar-refractivity contribution < 1.29 is 14.0 Å².